The van der Waals surface area contributed by atoms with E-state index in [4.69, 9.17) is 0 Å². The van der Waals surface area contributed by atoms with E-state index < -0.39 is 0 Å². The number of benzene rings is 1. The molecule has 1 saturated carbocycles. The number of carbonyl (C=O) groups excluding carboxylic acids is 1. The number of halogens is 1. The number of fused-ring (bicyclic) bond motifs is 3. The SMILES string of the molecule is Cc1ccc(-n2nccn2)c(C(=O)N2C3CC(C3)[C@H](C)[C@H]2CNc2nc3ccc(F)cc3s2)n1. The Morgan fingerprint density at radius 3 is 2.76 bits per heavy atom. The first-order valence-electron chi connectivity index (χ1n) is 11.4. The molecule has 2 bridgehead atoms. The van der Waals surface area contributed by atoms with Crippen LogP contribution in [0.15, 0.2) is 42.7 Å². The molecule has 7 rings (SSSR count). The Bertz CT molecular complexity index is 1370. The van der Waals surface area contributed by atoms with E-state index in [1.54, 1.807) is 18.5 Å². The van der Waals surface area contributed by atoms with Gasteiger partial charge in [-0.15, -0.1) is 4.80 Å². The second-order valence-corrected chi connectivity index (χ2v) is 10.2. The second kappa shape index (κ2) is 8.12. The van der Waals surface area contributed by atoms with Crippen molar-refractivity contribution < 1.29 is 9.18 Å². The average molecular weight is 478 g/mol. The van der Waals surface area contributed by atoms with Gasteiger partial charge in [-0.1, -0.05) is 18.3 Å². The largest absolute Gasteiger partial charge is 0.359 e. The molecule has 2 saturated heterocycles. The quantitative estimate of drug-likeness (QED) is 0.466. The maximum Gasteiger partial charge on any atom is 0.275 e. The van der Waals surface area contributed by atoms with Crippen molar-refractivity contribution in [2.24, 2.45) is 11.8 Å². The van der Waals surface area contributed by atoms with Crippen LogP contribution in [0.1, 0.15) is 35.9 Å². The lowest BCUT2D eigenvalue weighted by atomic mass is 9.64. The van der Waals surface area contributed by atoms with Crippen molar-refractivity contribution in [3.05, 3.63) is 59.9 Å². The van der Waals surface area contributed by atoms with E-state index in [1.807, 2.05) is 24.0 Å². The smallest absolute Gasteiger partial charge is 0.275 e. The fourth-order valence-electron chi connectivity index (χ4n) is 5.22. The standard InChI is InChI=1S/C24H24FN7OS/c1-13-3-6-19(32-27-7-8-28-32)22(29-13)23(33)31-17-9-15(10-17)14(2)20(31)12-26-24-30-18-5-4-16(25)11-21(18)34-24/h3-8,11,14-15,17,20H,9-10,12H2,1-2H3,(H,26,30)/t14-,15?,17?,20+/m0/s1. The number of nitrogens with zero attached hydrogens (tertiary/aromatic N) is 6. The number of rotatable bonds is 5. The van der Waals surface area contributed by atoms with E-state index in [2.05, 4.69) is 32.4 Å². The van der Waals surface area contributed by atoms with Gasteiger partial charge in [-0.25, -0.2) is 14.4 Å². The lowest BCUT2D eigenvalue weighted by Crippen LogP contribution is -2.64. The topological polar surface area (TPSA) is 88.8 Å². The molecule has 1 N–H and O–H groups in total. The monoisotopic (exact) mass is 477 g/mol. The molecule has 1 aliphatic carbocycles. The van der Waals surface area contributed by atoms with Crippen molar-refractivity contribution in [1.82, 2.24) is 29.9 Å². The van der Waals surface area contributed by atoms with Crippen LogP contribution >= 0.6 is 11.3 Å². The highest BCUT2D eigenvalue weighted by atomic mass is 32.1. The molecule has 0 radical (unpaired) electrons. The summed E-state index contributed by atoms with van der Waals surface area (Å²) in [5, 5.41) is 12.6. The Morgan fingerprint density at radius 2 is 1.97 bits per heavy atom. The Labute approximate surface area is 199 Å². The second-order valence-electron chi connectivity index (χ2n) is 9.18. The fraction of sp³-hybridized carbons (Fsp3) is 0.375. The molecule has 3 aromatic heterocycles. The summed E-state index contributed by atoms with van der Waals surface area (Å²) in [7, 11) is 0. The van der Waals surface area contributed by atoms with E-state index in [0.717, 1.165) is 33.9 Å². The average Bonchev–Trinajstić information content (AvgIpc) is 3.46. The highest BCUT2D eigenvalue weighted by Crippen LogP contribution is 2.47. The predicted molar refractivity (Wildman–Crippen MR) is 128 cm³/mol. The van der Waals surface area contributed by atoms with Gasteiger partial charge in [0.05, 0.1) is 28.7 Å². The van der Waals surface area contributed by atoms with Crippen molar-refractivity contribution >= 4 is 32.6 Å². The summed E-state index contributed by atoms with van der Waals surface area (Å²) >= 11 is 1.42. The predicted octanol–water partition coefficient (Wildman–Crippen LogP) is 4.07. The van der Waals surface area contributed by atoms with Crippen LogP contribution in [0.5, 0.6) is 0 Å². The molecule has 0 spiro atoms. The third-order valence-corrected chi connectivity index (χ3v) is 8.12. The van der Waals surface area contributed by atoms with Gasteiger partial charge in [0.15, 0.2) is 10.8 Å². The minimum atomic E-state index is -0.270. The summed E-state index contributed by atoms with van der Waals surface area (Å²) in [6, 6.07) is 8.52. The molecule has 1 amide bonds. The zero-order valence-electron chi connectivity index (χ0n) is 18.8. The minimum absolute atomic E-state index is 0.00510. The number of piperidine rings is 2. The molecular formula is C24H24FN7OS. The van der Waals surface area contributed by atoms with Crippen LogP contribution in [0.2, 0.25) is 0 Å². The zero-order chi connectivity index (χ0) is 23.4. The van der Waals surface area contributed by atoms with Gasteiger partial charge in [-0.3, -0.25) is 4.79 Å². The van der Waals surface area contributed by atoms with Gasteiger partial charge < -0.3 is 10.2 Å². The molecule has 0 unspecified atom stereocenters. The summed E-state index contributed by atoms with van der Waals surface area (Å²) < 4.78 is 14.4. The minimum Gasteiger partial charge on any atom is -0.359 e. The Morgan fingerprint density at radius 1 is 1.18 bits per heavy atom. The number of anilines is 1. The maximum absolute atomic E-state index is 14.0. The van der Waals surface area contributed by atoms with Crippen molar-refractivity contribution in [3.8, 4) is 5.69 Å². The number of amides is 1. The molecule has 1 aromatic carbocycles. The van der Waals surface area contributed by atoms with Gasteiger partial charge in [0.2, 0.25) is 0 Å². The van der Waals surface area contributed by atoms with Gasteiger partial charge in [0.1, 0.15) is 11.5 Å². The molecule has 34 heavy (non-hydrogen) atoms. The Balaban J connectivity index is 1.30. The van der Waals surface area contributed by atoms with Crippen molar-refractivity contribution in [3.63, 3.8) is 0 Å². The molecule has 5 heterocycles. The summed E-state index contributed by atoms with van der Waals surface area (Å²) in [6.45, 7) is 4.67. The van der Waals surface area contributed by atoms with Crippen LogP contribution in [0.4, 0.5) is 9.52 Å². The third kappa shape index (κ3) is 3.53. The number of thiazole rings is 1. The lowest BCUT2D eigenvalue weighted by Gasteiger charge is -2.57. The number of aromatic nitrogens is 5. The summed E-state index contributed by atoms with van der Waals surface area (Å²) in [5.74, 6) is 0.588. The lowest BCUT2D eigenvalue weighted by molar-refractivity contribution is -0.0505. The van der Waals surface area contributed by atoms with Crippen molar-refractivity contribution in [2.75, 3.05) is 11.9 Å². The fourth-order valence-corrected chi connectivity index (χ4v) is 6.12. The van der Waals surface area contributed by atoms with Gasteiger partial charge in [-0.05, 0) is 61.9 Å². The van der Waals surface area contributed by atoms with E-state index in [-0.39, 0.29) is 23.8 Å². The van der Waals surface area contributed by atoms with Gasteiger partial charge in [0.25, 0.3) is 5.91 Å². The molecule has 2 atom stereocenters. The zero-order valence-corrected chi connectivity index (χ0v) is 19.7. The third-order valence-electron chi connectivity index (χ3n) is 7.15. The van der Waals surface area contributed by atoms with Crippen LogP contribution in [0, 0.1) is 24.6 Å². The summed E-state index contributed by atoms with van der Waals surface area (Å²) in [6.07, 6.45) is 5.21. The van der Waals surface area contributed by atoms with Gasteiger partial charge in [-0.2, -0.15) is 10.2 Å². The first-order valence-corrected chi connectivity index (χ1v) is 12.3. The first-order chi connectivity index (χ1) is 16.5. The van der Waals surface area contributed by atoms with Crippen LogP contribution in [0.3, 0.4) is 0 Å². The molecule has 8 nitrogen and oxygen atoms in total. The van der Waals surface area contributed by atoms with E-state index in [1.165, 1.54) is 28.3 Å². The maximum atomic E-state index is 14.0. The molecule has 174 valence electrons. The highest BCUT2D eigenvalue weighted by Gasteiger charge is 2.51. The van der Waals surface area contributed by atoms with Gasteiger partial charge >= 0.3 is 0 Å². The van der Waals surface area contributed by atoms with Crippen LogP contribution < -0.4 is 5.32 Å². The number of hydrogen-bond donors (Lipinski definition) is 1. The molecule has 2 aliphatic heterocycles. The van der Waals surface area contributed by atoms with Gasteiger partial charge in [0, 0.05) is 18.3 Å². The van der Waals surface area contributed by atoms with E-state index >= 15 is 0 Å². The first kappa shape index (κ1) is 21.2. The van der Waals surface area contributed by atoms with Crippen LogP contribution in [0.25, 0.3) is 15.9 Å². The van der Waals surface area contributed by atoms with E-state index in [0.29, 0.717) is 29.8 Å². The van der Waals surface area contributed by atoms with Crippen LogP contribution in [-0.2, 0) is 0 Å². The summed E-state index contributed by atoms with van der Waals surface area (Å²) in [4.78, 5) is 26.6. The van der Waals surface area contributed by atoms with Crippen molar-refractivity contribution in [1.29, 1.82) is 0 Å². The Kier molecular flexibility index (Phi) is 5.05. The number of nitrogens with one attached hydrogen (secondary N) is 1. The van der Waals surface area contributed by atoms with Crippen molar-refractivity contribution in [2.45, 2.75) is 38.8 Å². The molecule has 10 heteroatoms. The number of hydrogen-bond acceptors (Lipinski definition) is 7. The molecule has 3 fully saturated rings. The Hall–Kier alpha value is -3.40. The number of pyridine rings is 1. The molecule has 3 aliphatic rings. The number of carbonyl (C=O) groups is 1. The normalized spacial score (nSPS) is 23.7. The molecular weight excluding hydrogens is 453 g/mol. The highest BCUT2D eigenvalue weighted by molar-refractivity contribution is 7.22. The van der Waals surface area contributed by atoms with E-state index in [9.17, 15) is 9.18 Å². The molecule has 4 aromatic rings. The number of aryl methyl sites for hydroxylation is 1. The summed E-state index contributed by atoms with van der Waals surface area (Å²) in [5.41, 5.74) is 2.48. The van der Waals surface area contributed by atoms with Crippen LogP contribution in [-0.4, -0.2) is 54.4 Å².